The van der Waals surface area contributed by atoms with Crippen molar-refractivity contribution in [2.45, 2.75) is 19.9 Å². The van der Waals surface area contributed by atoms with E-state index in [4.69, 9.17) is 0 Å². The van der Waals surface area contributed by atoms with Crippen molar-refractivity contribution in [3.05, 3.63) is 53.8 Å². The van der Waals surface area contributed by atoms with Gasteiger partial charge in [0.15, 0.2) is 0 Å². The fourth-order valence-electron chi connectivity index (χ4n) is 2.26. The Kier molecular flexibility index (Phi) is 2.47. The van der Waals surface area contributed by atoms with Gasteiger partial charge < -0.3 is 4.90 Å². The standard InChI is InChI=1S/C15H17N3/c1-10-8-13(14-6-4-11(2)16-17-14)5-7-15(10)18-9-12(18)3/h4-8,12,16H,2,9H2,1,3H3. The number of allylic oxidation sites excluding steroid dienone is 2. The highest BCUT2D eigenvalue weighted by Gasteiger charge is 2.30. The summed E-state index contributed by atoms with van der Waals surface area (Å²) in [5.74, 6) is 0. The van der Waals surface area contributed by atoms with Gasteiger partial charge in [-0.3, -0.25) is 5.43 Å². The fourth-order valence-corrected chi connectivity index (χ4v) is 2.26. The smallest absolute Gasteiger partial charge is 0.0906 e. The number of benzene rings is 1. The van der Waals surface area contributed by atoms with Gasteiger partial charge in [0.2, 0.25) is 0 Å². The molecule has 1 fully saturated rings. The van der Waals surface area contributed by atoms with E-state index in [2.05, 4.69) is 54.1 Å². The molecule has 2 aliphatic rings. The van der Waals surface area contributed by atoms with E-state index in [1.807, 2.05) is 12.2 Å². The van der Waals surface area contributed by atoms with E-state index in [-0.39, 0.29) is 0 Å². The third kappa shape index (κ3) is 1.92. The zero-order valence-electron chi connectivity index (χ0n) is 10.8. The van der Waals surface area contributed by atoms with E-state index in [9.17, 15) is 0 Å². The summed E-state index contributed by atoms with van der Waals surface area (Å²) in [5.41, 5.74) is 8.46. The summed E-state index contributed by atoms with van der Waals surface area (Å²) >= 11 is 0. The Morgan fingerprint density at radius 2 is 2.17 bits per heavy atom. The molecule has 3 nitrogen and oxygen atoms in total. The van der Waals surface area contributed by atoms with Gasteiger partial charge in [-0.25, -0.2) is 0 Å². The highest BCUT2D eigenvalue weighted by atomic mass is 15.3. The maximum Gasteiger partial charge on any atom is 0.0906 e. The summed E-state index contributed by atoms with van der Waals surface area (Å²) in [6.07, 6.45) is 3.94. The molecular formula is C15H17N3. The summed E-state index contributed by atoms with van der Waals surface area (Å²) in [6, 6.07) is 7.20. The van der Waals surface area contributed by atoms with Crippen molar-refractivity contribution in [3.8, 4) is 0 Å². The van der Waals surface area contributed by atoms with E-state index in [0.29, 0.717) is 6.04 Å². The number of aryl methyl sites for hydroxylation is 1. The average molecular weight is 239 g/mol. The summed E-state index contributed by atoms with van der Waals surface area (Å²) < 4.78 is 0. The molecule has 0 spiro atoms. The van der Waals surface area contributed by atoms with E-state index in [0.717, 1.165) is 17.0 Å². The molecule has 92 valence electrons. The molecule has 2 aliphatic heterocycles. The predicted octanol–water partition coefficient (Wildman–Crippen LogP) is 2.58. The number of nitrogens with one attached hydrogen (secondary N) is 1. The maximum atomic E-state index is 4.29. The second-order valence-corrected chi connectivity index (χ2v) is 4.97. The minimum atomic E-state index is 0.687. The van der Waals surface area contributed by atoms with Crippen LogP contribution in [0.1, 0.15) is 18.1 Å². The van der Waals surface area contributed by atoms with Crippen molar-refractivity contribution < 1.29 is 0 Å². The molecule has 0 aromatic heterocycles. The van der Waals surface area contributed by atoms with Gasteiger partial charge in [-0.1, -0.05) is 12.6 Å². The third-order valence-corrected chi connectivity index (χ3v) is 3.42. The van der Waals surface area contributed by atoms with Crippen molar-refractivity contribution >= 4 is 11.4 Å². The zero-order valence-corrected chi connectivity index (χ0v) is 10.8. The lowest BCUT2D eigenvalue weighted by molar-refractivity contribution is 0.914. The van der Waals surface area contributed by atoms with Crippen LogP contribution in [0, 0.1) is 6.92 Å². The molecule has 1 aromatic rings. The van der Waals surface area contributed by atoms with Gasteiger partial charge in [0.05, 0.1) is 5.71 Å². The number of hydrazone groups is 1. The summed E-state index contributed by atoms with van der Waals surface area (Å²) in [4.78, 5) is 2.40. The van der Waals surface area contributed by atoms with Crippen molar-refractivity contribution in [3.63, 3.8) is 0 Å². The lowest BCUT2D eigenvalue weighted by Crippen LogP contribution is -2.13. The van der Waals surface area contributed by atoms with Crippen molar-refractivity contribution in [2.75, 3.05) is 11.4 Å². The van der Waals surface area contributed by atoms with Gasteiger partial charge in [-0.05, 0) is 43.7 Å². The Balaban J connectivity index is 1.89. The normalized spacial score (nSPS) is 21.7. The Hall–Kier alpha value is -2.03. The molecule has 18 heavy (non-hydrogen) atoms. The van der Waals surface area contributed by atoms with E-state index >= 15 is 0 Å². The Bertz CT molecular complexity index is 569. The van der Waals surface area contributed by atoms with E-state index in [1.54, 1.807) is 0 Å². The first kappa shape index (κ1) is 11.1. The first-order chi connectivity index (χ1) is 8.65. The summed E-state index contributed by atoms with van der Waals surface area (Å²) in [6.45, 7) is 9.37. The lowest BCUT2D eigenvalue weighted by atomic mass is 10.0. The number of nitrogens with zero attached hydrogens (tertiary/aromatic N) is 2. The number of rotatable bonds is 2. The Morgan fingerprint density at radius 3 is 2.72 bits per heavy atom. The van der Waals surface area contributed by atoms with Crippen LogP contribution in [0.3, 0.4) is 0 Å². The second kappa shape index (κ2) is 4.02. The Morgan fingerprint density at radius 1 is 1.39 bits per heavy atom. The molecule has 3 rings (SSSR count). The van der Waals surface area contributed by atoms with Crippen LogP contribution in [0.2, 0.25) is 0 Å². The van der Waals surface area contributed by atoms with Crippen LogP contribution in [0.5, 0.6) is 0 Å². The largest absolute Gasteiger partial charge is 0.365 e. The number of hydrogen-bond acceptors (Lipinski definition) is 3. The maximum absolute atomic E-state index is 4.29. The summed E-state index contributed by atoms with van der Waals surface area (Å²) in [5, 5.41) is 4.29. The zero-order chi connectivity index (χ0) is 12.7. The van der Waals surface area contributed by atoms with Crippen molar-refractivity contribution in [1.29, 1.82) is 0 Å². The van der Waals surface area contributed by atoms with Crippen LogP contribution in [0.4, 0.5) is 5.69 Å². The third-order valence-electron chi connectivity index (χ3n) is 3.42. The molecule has 1 atom stereocenters. The van der Waals surface area contributed by atoms with Gasteiger partial charge in [0.25, 0.3) is 0 Å². The first-order valence-electron chi connectivity index (χ1n) is 6.23. The molecule has 0 radical (unpaired) electrons. The lowest BCUT2D eigenvalue weighted by Gasteiger charge is -2.13. The van der Waals surface area contributed by atoms with Gasteiger partial charge >= 0.3 is 0 Å². The van der Waals surface area contributed by atoms with Crippen LogP contribution >= 0.6 is 0 Å². The predicted molar refractivity (Wildman–Crippen MR) is 75.9 cm³/mol. The molecule has 1 unspecified atom stereocenters. The van der Waals surface area contributed by atoms with Crippen LogP contribution in [-0.4, -0.2) is 18.3 Å². The number of hydrogen-bond donors (Lipinski definition) is 1. The van der Waals surface area contributed by atoms with Crippen LogP contribution < -0.4 is 10.3 Å². The van der Waals surface area contributed by atoms with Crippen LogP contribution in [0.25, 0.3) is 0 Å². The van der Waals surface area contributed by atoms with Gasteiger partial charge in [0, 0.05) is 29.5 Å². The molecule has 1 aromatic carbocycles. The molecular weight excluding hydrogens is 222 g/mol. The van der Waals surface area contributed by atoms with E-state index < -0.39 is 0 Å². The average Bonchev–Trinajstić information content (AvgIpc) is 3.07. The molecule has 0 aliphatic carbocycles. The molecule has 0 saturated carbocycles. The summed E-state index contributed by atoms with van der Waals surface area (Å²) in [7, 11) is 0. The SMILES string of the molecule is C=C1C=CC(c2ccc(N3CC3C)c(C)c2)=NN1. The molecule has 1 saturated heterocycles. The molecule has 1 N–H and O–H groups in total. The highest BCUT2D eigenvalue weighted by Crippen LogP contribution is 2.31. The first-order valence-corrected chi connectivity index (χ1v) is 6.23. The Labute approximate surface area is 108 Å². The fraction of sp³-hybridized carbons (Fsp3) is 0.267. The van der Waals surface area contributed by atoms with Gasteiger partial charge in [-0.2, -0.15) is 5.10 Å². The molecule has 2 heterocycles. The second-order valence-electron chi connectivity index (χ2n) is 4.97. The highest BCUT2D eigenvalue weighted by molar-refractivity contribution is 6.09. The quantitative estimate of drug-likeness (QED) is 0.803. The monoisotopic (exact) mass is 239 g/mol. The van der Waals surface area contributed by atoms with Gasteiger partial charge in [0.1, 0.15) is 0 Å². The minimum absolute atomic E-state index is 0.687. The molecule has 0 bridgehead atoms. The number of anilines is 1. The molecule has 3 heteroatoms. The van der Waals surface area contributed by atoms with E-state index in [1.165, 1.54) is 17.8 Å². The van der Waals surface area contributed by atoms with Gasteiger partial charge in [-0.15, -0.1) is 0 Å². The minimum Gasteiger partial charge on any atom is -0.365 e. The molecule has 0 amide bonds. The topological polar surface area (TPSA) is 27.4 Å². The van der Waals surface area contributed by atoms with Crippen molar-refractivity contribution in [1.82, 2.24) is 5.43 Å². The van der Waals surface area contributed by atoms with Crippen LogP contribution in [-0.2, 0) is 0 Å². The van der Waals surface area contributed by atoms with Crippen molar-refractivity contribution in [2.24, 2.45) is 5.10 Å². The van der Waals surface area contributed by atoms with Crippen LogP contribution in [0.15, 0.2) is 47.7 Å².